The summed E-state index contributed by atoms with van der Waals surface area (Å²) in [6.45, 7) is 0. The first-order valence-electron chi connectivity index (χ1n) is 5.96. The van der Waals surface area contributed by atoms with E-state index < -0.39 is 5.97 Å². The van der Waals surface area contributed by atoms with E-state index in [0.717, 1.165) is 5.39 Å². The SMILES string of the molecule is O=C(O)c1ccc2ccn(C(=O)c3cccnc3)c2c1. The number of benzene rings is 1. The van der Waals surface area contributed by atoms with Gasteiger partial charge in [-0.25, -0.2) is 4.79 Å². The monoisotopic (exact) mass is 266 g/mol. The van der Waals surface area contributed by atoms with Gasteiger partial charge in [0.2, 0.25) is 0 Å². The lowest BCUT2D eigenvalue weighted by Gasteiger charge is -2.04. The number of hydrogen-bond acceptors (Lipinski definition) is 3. The summed E-state index contributed by atoms with van der Waals surface area (Å²) in [7, 11) is 0. The maximum absolute atomic E-state index is 12.4. The molecule has 0 saturated carbocycles. The van der Waals surface area contributed by atoms with Crippen LogP contribution < -0.4 is 0 Å². The van der Waals surface area contributed by atoms with Gasteiger partial charge in [0.15, 0.2) is 0 Å². The fraction of sp³-hybridized carbons (Fsp3) is 0. The molecule has 3 aromatic rings. The summed E-state index contributed by atoms with van der Waals surface area (Å²) in [4.78, 5) is 27.3. The van der Waals surface area contributed by atoms with Crippen LogP contribution in [-0.4, -0.2) is 26.5 Å². The first-order valence-corrected chi connectivity index (χ1v) is 5.96. The van der Waals surface area contributed by atoms with E-state index in [1.807, 2.05) is 0 Å². The molecule has 5 heteroatoms. The molecular formula is C15H10N2O3. The molecule has 2 heterocycles. The Hall–Kier alpha value is -2.95. The van der Waals surface area contributed by atoms with Crippen molar-refractivity contribution in [3.8, 4) is 0 Å². The Morgan fingerprint density at radius 2 is 1.95 bits per heavy atom. The highest BCUT2D eigenvalue weighted by molar-refractivity contribution is 6.03. The highest BCUT2D eigenvalue weighted by atomic mass is 16.4. The highest BCUT2D eigenvalue weighted by Crippen LogP contribution is 2.19. The molecule has 2 aromatic heterocycles. The fourth-order valence-corrected chi connectivity index (χ4v) is 2.07. The van der Waals surface area contributed by atoms with E-state index in [-0.39, 0.29) is 11.5 Å². The van der Waals surface area contributed by atoms with Gasteiger partial charge in [-0.2, -0.15) is 0 Å². The third-order valence-corrected chi connectivity index (χ3v) is 3.07. The number of nitrogens with zero attached hydrogens (tertiary/aromatic N) is 2. The Bertz CT molecular complexity index is 806. The van der Waals surface area contributed by atoms with Gasteiger partial charge in [-0.15, -0.1) is 0 Å². The average molecular weight is 266 g/mol. The summed E-state index contributed by atoms with van der Waals surface area (Å²) in [5.74, 6) is -1.26. The van der Waals surface area contributed by atoms with Crippen LogP contribution in [0, 0.1) is 0 Å². The summed E-state index contributed by atoms with van der Waals surface area (Å²) >= 11 is 0. The van der Waals surface area contributed by atoms with E-state index in [0.29, 0.717) is 11.1 Å². The van der Waals surface area contributed by atoms with Crippen molar-refractivity contribution >= 4 is 22.8 Å². The molecule has 1 N–H and O–H groups in total. The van der Waals surface area contributed by atoms with Crippen LogP contribution in [0.25, 0.3) is 10.9 Å². The molecule has 0 amide bonds. The van der Waals surface area contributed by atoms with E-state index in [4.69, 9.17) is 5.11 Å². The van der Waals surface area contributed by atoms with Crippen molar-refractivity contribution in [2.45, 2.75) is 0 Å². The number of carbonyl (C=O) groups excluding carboxylic acids is 1. The fourth-order valence-electron chi connectivity index (χ4n) is 2.07. The van der Waals surface area contributed by atoms with Crippen LogP contribution in [0.4, 0.5) is 0 Å². The highest BCUT2D eigenvalue weighted by Gasteiger charge is 2.13. The standard InChI is InChI=1S/C15H10N2O3/c18-14(12-2-1-6-16-9-12)17-7-5-10-3-4-11(15(19)20)8-13(10)17/h1-9H,(H,19,20). The predicted octanol–water partition coefficient (Wildman–Crippen LogP) is 2.42. The predicted molar refractivity (Wildman–Crippen MR) is 72.9 cm³/mol. The minimum absolute atomic E-state index is 0.149. The van der Waals surface area contributed by atoms with E-state index in [1.165, 1.54) is 22.9 Å². The Kier molecular flexibility index (Phi) is 2.80. The molecule has 1 aromatic carbocycles. The molecule has 0 atom stereocenters. The Morgan fingerprint density at radius 1 is 1.10 bits per heavy atom. The quantitative estimate of drug-likeness (QED) is 0.773. The average Bonchev–Trinajstić information content (AvgIpc) is 2.90. The van der Waals surface area contributed by atoms with Crippen molar-refractivity contribution in [1.29, 1.82) is 0 Å². The number of aromatic nitrogens is 2. The molecule has 0 aliphatic rings. The summed E-state index contributed by atoms with van der Waals surface area (Å²) in [6, 6.07) is 9.82. The van der Waals surface area contributed by atoms with Gasteiger partial charge in [0, 0.05) is 24.0 Å². The normalized spacial score (nSPS) is 10.6. The van der Waals surface area contributed by atoms with Crippen molar-refractivity contribution in [3.05, 3.63) is 66.1 Å². The van der Waals surface area contributed by atoms with Crippen LogP contribution in [0.2, 0.25) is 0 Å². The third kappa shape index (κ3) is 1.95. The minimum Gasteiger partial charge on any atom is -0.478 e. The third-order valence-electron chi connectivity index (χ3n) is 3.07. The number of fused-ring (bicyclic) bond motifs is 1. The number of rotatable bonds is 2. The van der Waals surface area contributed by atoms with E-state index in [9.17, 15) is 9.59 Å². The lowest BCUT2D eigenvalue weighted by atomic mass is 10.1. The number of carboxylic acid groups (broad SMARTS) is 1. The zero-order valence-electron chi connectivity index (χ0n) is 10.4. The molecule has 20 heavy (non-hydrogen) atoms. The largest absolute Gasteiger partial charge is 0.478 e. The molecule has 0 fully saturated rings. The molecule has 0 bridgehead atoms. The van der Waals surface area contributed by atoms with E-state index in [1.54, 1.807) is 36.7 Å². The maximum Gasteiger partial charge on any atom is 0.335 e. The van der Waals surface area contributed by atoms with Crippen LogP contribution in [0.15, 0.2) is 55.0 Å². The van der Waals surface area contributed by atoms with Gasteiger partial charge in [-0.1, -0.05) is 6.07 Å². The number of pyridine rings is 1. The molecule has 0 saturated heterocycles. The van der Waals surface area contributed by atoms with E-state index >= 15 is 0 Å². The van der Waals surface area contributed by atoms with Gasteiger partial charge in [-0.3, -0.25) is 14.3 Å². The van der Waals surface area contributed by atoms with Crippen LogP contribution in [0.5, 0.6) is 0 Å². The Morgan fingerprint density at radius 3 is 2.65 bits per heavy atom. The molecule has 0 aliphatic heterocycles. The van der Waals surface area contributed by atoms with Gasteiger partial charge in [0.25, 0.3) is 5.91 Å². The number of carbonyl (C=O) groups is 2. The molecule has 5 nitrogen and oxygen atoms in total. The molecule has 98 valence electrons. The molecule has 0 radical (unpaired) electrons. The second-order valence-corrected chi connectivity index (χ2v) is 4.31. The zero-order chi connectivity index (χ0) is 14.1. The van der Waals surface area contributed by atoms with Crippen molar-refractivity contribution in [2.75, 3.05) is 0 Å². The summed E-state index contributed by atoms with van der Waals surface area (Å²) in [5, 5.41) is 9.84. The molecular weight excluding hydrogens is 256 g/mol. The van der Waals surface area contributed by atoms with Crippen molar-refractivity contribution < 1.29 is 14.7 Å². The number of hydrogen-bond donors (Lipinski definition) is 1. The van der Waals surface area contributed by atoms with Gasteiger partial charge >= 0.3 is 5.97 Å². The van der Waals surface area contributed by atoms with E-state index in [2.05, 4.69) is 4.98 Å². The van der Waals surface area contributed by atoms with Gasteiger partial charge in [-0.05, 0) is 30.3 Å². The van der Waals surface area contributed by atoms with Crippen LogP contribution in [-0.2, 0) is 0 Å². The van der Waals surface area contributed by atoms with Gasteiger partial charge < -0.3 is 5.11 Å². The molecule has 0 aliphatic carbocycles. The summed E-state index contributed by atoms with van der Waals surface area (Å²) in [5.41, 5.74) is 1.17. The molecule has 0 unspecified atom stereocenters. The Balaban J connectivity index is 2.14. The topological polar surface area (TPSA) is 72.2 Å². The number of carboxylic acids is 1. The summed E-state index contributed by atoms with van der Waals surface area (Å²) < 4.78 is 1.43. The smallest absolute Gasteiger partial charge is 0.335 e. The van der Waals surface area contributed by atoms with Crippen molar-refractivity contribution in [3.63, 3.8) is 0 Å². The van der Waals surface area contributed by atoms with Crippen LogP contribution in [0.3, 0.4) is 0 Å². The van der Waals surface area contributed by atoms with Crippen LogP contribution in [0.1, 0.15) is 20.7 Å². The summed E-state index contributed by atoms with van der Waals surface area (Å²) in [6.07, 6.45) is 4.70. The first-order chi connectivity index (χ1) is 9.66. The van der Waals surface area contributed by atoms with Gasteiger partial charge in [0.05, 0.1) is 16.6 Å². The van der Waals surface area contributed by atoms with Crippen molar-refractivity contribution in [2.24, 2.45) is 0 Å². The van der Waals surface area contributed by atoms with Crippen LogP contribution >= 0.6 is 0 Å². The Labute approximate surface area is 114 Å². The molecule has 0 spiro atoms. The molecule has 3 rings (SSSR count). The van der Waals surface area contributed by atoms with Crippen molar-refractivity contribution in [1.82, 2.24) is 9.55 Å². The number of aromatic carboxylic acids is 1. The minimum atomic E-state index is -1.02. The maximum atomic E-state index is 12.4. The lowest BCUT2D eigenvalue weighted by Crippen LogP contribution is -2.11. The second kappa shape index (κ2) is 4.62. The lowest BCUT2D eigenvalue weighted by molar-refractivity contribution is 0.0696. The zero-order valence-corrected chi connectivity index (χ0v) is 10.4. The second-order valence-electron chi connectivity index (χ2n) is 4.31. The van der Waals surface area contributed by atoms with Gasteiger partial charge in [0.1, 0.15) is 0 Å². The first kappa shape index (κ1) is 12.1.